The molecule has 3 atom stereocenters. The molecule has 0 aromatic heterocycles. The van der Waals surface area contributed by atoms with E-state index in [1.807, 2.05) is 0 Å². The van der Waals surface area contributed by atoms with Crippen LogP contribution in [0.2, 0.25) is 0 Å². The molecule has 2 nitrogen and oxygen atoms in total. The largest absolute Gasteiger partial charge is 0.311 e. The summed E-state index contributed by atoms with van der Waals surface area (Å²) < 4.78 is 0. The number of piperazine rings is 1. The van der Waals surface area contributed by atoms with Gasteiger partial charge in [-0.2, -0.15) is 0 Å². The Morgan fingerprint density at radius 3 is 2.65 bits per heavy atom. The summed E-state index contributed by atoms with van der Waals surface area (Å²) in [6.45, 7) is 10.9. The Balaban J connectivity index is 1.87. The zero-order chi connectivity index (χ0) is 12.3. The van der Waals surface area contributed by atoms with E-state index in [0.717, 1.165) is 23.9 Å². The number of nitrogens with one attached hydrogen (secondary N) is 1. The molecule has 0 radical (unpaired) electrons. The summed E-state index contributed by atoms with van der Waals surface area (Å²) in [6, 6.07) is 1.51. The van der Waals surface area contributed by atoms with Gasteiger partial charge in [0.15, 0.2) is 0 Å². The van der Waals surface area contributed by atoms with Crippen molar-refractivity contribution in [3.8, 4) is 0 Å². The van der Waals surface area contributed by atoms with E-state index >= 15 is 0 Å². The zero-order valence-electron chi connectivity index (χ0n) is 11.9. The molecule has 2 fully saturated rings. The molecule has 0 bridgehead atoms. The van der Waals surface area contributed by atoms with Crippen LogP contribution in [0.5, 0.6) is 0 Å². The highest BCUT2D eigenvalue weighted by Crippen LogP contribution is 2.33. The Bertz CT molecular complexity index is 225. The van der Waals surface area contributed by atoms with Gasteiger partial charge in [-0.1, -0.05) is 40.0 Å². The van der Waals surface area contributed by atoms with Gasteiger partial charge >= 0.3 is 0 Å². The first-order valence-corrected chi connectivity index (χ1v) is 7.72. The summed E-state index contributed by atoms with van der Waals surface area (Å²) in [6.07, 6.45) is 7.02. The second kappa shape index (κ2) is 6.19. The molecule has 1 saturated heterocycles. The van der Waals surface area contributed by atoms with Crippen LogP contribution in [0.3, 0.4) is 0 Å². The van der Waals surface area contributed by atoms with E-state index in [9.17, 15) is 0 Å². The lowest BCUT2D eigenvalue weighted by atomic mass is 9.93. The summed E-state index contributed by atoms with van der Waals surface area (Å²) >= 11 is 0. The van der Waals surface area contributed by atoms with E-state index in [4.69, 9.17) is 0 Å². The SMILES string of the molecule is CCC1CN(CCC2CC2)C(C(C)CC)CN1. The van der Waals surface area contributed by atoms with Gasteiger partial charge in [-0.05, 0) is 31.2 Å². The molecule has 3 unspecified atom stereocenters. The first-order valence-electron chi connectivity index (χ1n) is 7.72. The molecule has 1 heterocycles. The van der Waals surface area contributed by atoms with E-state index in [2.05, 4.69) is 31.0 Å². The van der Waals surface area contributed by atoms with Crippen molar-refractivity contribution in [1.29, 1.82) is 0 Å². The molecule has 2 heteroatoms. The van der Waals surface area contributed by atoms with Gasteiger partial charge in [0.1, 0.15) is 0 Å². The van der Waals surface area contributed by atoms with Gasteiger partial charge in [0.05, 0.1) is 0 Å². The van der Waals surface area contributed by atoms with Crippen LogP contribution in [0.25, 0.3) is 0 Å². The molecule has 0 aromatic carbocycles. The third-order valence-electron chi connectivity index (χ3n) is 4.85. The predicted octanol–water partition coefficient (Wildman–Crippen LogP) is 2.89. The minimum Gasteiger partial charge on any atom is -0.311 e. The van der Waals surface area contributed by atoms with Gasteiger partial charge in [0.2, 0.25) is 0 Å². The maximum Gasteiger partial charge on any atom is 0.0246 e. The van der Waals surface area contributed by atoms with Gasteiger partial charge in [0.25, 0.3) is 0 Å². The summed E-state index contributed by atoms with van der Waals surface area (Å²) in [5.74, 6) is 1.90. The molecule has 0 spiro atoms. The van der Waals surface area contributed by atoms with Crippen LogP contribution in [-0.2, 0) is 0 Å². The Hall–Kier alpha value is -0.0800. The maximum absolute atomic E-state index is 3.73. The molecule has 0 amide bonds. The summed E-state index contributed by atoms with van der Waals surface area (Å²) in [5, 5.41) is 3.73. The lowest BCUT2D eigenvalue weighted by Gasteiger charge is -2.43. The number of hydrogen-bond acceptors (Lipinski definition) is 2. The standard InChI is InChI=1S/C15H30N2/c1-4-12(3)15-10-16-14(5-2)11-17(15)9-8-13-6-7-13/h12-16H,4-11H2,1-3H3. The fourth-order valence-electron chi connectivity index (χ4n) is 3.02. The first-order chi connectivity index (χ1) is 8.24. The van der Waals surface area contributed by atoms with Gasteiger partial charge in [-0.15, -0.1) is 0 Å². The highest BCUT2D eigenvalue weighted by Gasteiger charge is 2.31. The second-order valence-electron chi connectivity index (χ2n) is 6.19. The minimum atomic E-state index is 0.731. The third-order valence-corrected chi connectivity index (χ3v) is 4.85. The molecular formula is C15H30N2. The average Bonchev–Trinajstić information content (AvgIpc) is 3.19. The van der Waals surface area contributed by atoms with Crippen molar-refractivity contribution >= 4 is 0 Å². The molecular weight excluding hydrogens is 208 g/mol. The normalized spacial score (nSPS) is 32.6. The van der Waals surface area contributed by atoms with E-state index in [1.54, 1.807) is 0 Å². The van der Waals surface area contributed by atoms with Crippen molar-refractivity contribution < 1.29 is 0 Å². The van der Waals surface area contributed by atoms with Crippen molar-refractivity contribution in [3.05, 3.63) is 0 Å². The van der Waals surface area contributed by atoms with Gasteiger partial charge in [-0.3, -0.25) is 4.90 Å². The maximum atomic E-state index is 3.73. The van der Waals surface area contributed by atoms with Crippen LogP contribution < -0.4 is 5.32 Å². The Kier molecular flexibility index (Phi) is 4.87. The van der Waals surface area contributed by atoms with Crippen molar-refractivity contribution in [2.45, 2.75) is 65.0 Å². The molecule has 1 saturated carbocycles. The molecule has 2 aliphatic rings. The summed E-state index contributed by atoms with van der Waals surface area (Å²) in [5.41, 5.74) is 0. The van der Waals surface area contributed by atoms with E-state index in [0.29, 0.717) is 0 Å². The van der Waals surface area contributed by atoms with Crippen LogP contribution in [0.1, 0.15) is 52.9 Å². The first kappa shape index (κ1) is 13.4. The van der Waals surface area contributed by atoms with Gasteiger partial charge in [0, 0.05) is 25.2 Å². The second-order valence-corrected chi connectivity index (χ2v) is 6.19. The van der Waals surface area contributed by atoms with Crippen molar-refractivity contribution in [3.63, 3.8) is 0 Å². The summed E-state index contributed by atoms with van der Waals surface area (Å²) in [4.78, 5) is 2.79. The van der Waals surface area contributed by atoms with Crippen LogP contribution in [0.15, 0.2) is 0 Å². The fourth-order valence-corrected chi connectivity index (χ4v) is 3.02. The van der Waals surface area contributed by atoms with Crippen molar-refractivity contribution in [2.75, 3.05) is 19.6 Å². The van der Waals surface area contributed by atoms with Crippen molar-refractivity contribution in [1.82, 2.24) is 10.2 Å². The number of nitrogens with zero attached hydrogens (tertiary/aromatic N) is 1. The van der Waals surface area contributed by atoms with Gasteiger partial charge in [-0.25, -0.2) is 0 Å². The summed E-state index contributed by atoms with van der Waals surface area (Å²) in [7, 11) is 0. The van der Waals surface area contributed by atoms with E-state index in [1.165, 1.54) is 51.7 Å². The smallest absolute Gasteiger partial charge is 0.0246 e. The van der Waals surface area contributed by atoms with E-state index in [-0.39, 0.29) is 0 Å². The van der Waals surface area contributed by atoms with Crippen molar-refractivity contribution in [2.24, 2.45) is 11.8 Å². The Labute approximate surface area is 107 Å². The number of hydrogen-bond donors (Lipinski definition) is 1. The molecule has 0 aromatic rings. The Morgan fingerprint density at radius 2 is 2.06 bits per heavy atom. The topological polar surface area (TPSA) is 15.3 Å². The fraction of sp³-hybridized carbons (Fsp3) is 1.00. The molecule has 17 heavy (non-hydrogen) atoms. The molecule has 2 rings (SSSR count). The monoisotopic (exact) mass is 238 g/mol. The highest BCUT2D eigenvalue weighted by atomic mass is 15.2. The van der Waals surface area contributed by atoms with E-state index < -0.39 is 0 Å². The quantitative estimate of drug-likeness (QED) is 0.765. The average molecular weight is 238 g/mol. The highest BCUT2D eigenvalue weighted by molar-refractivity contribution is 4.89. The Morgan fingerprint density at radius 1 is 1.29 bits per heavy atom. The third kappa shape index (κ3) is 3.69. The lowest BCUT2D eigenvalue weighted by molar-refractivity contribution is 0.0876. The van der Waals surface area contributed by atoms with Crippen LogP contribution >= 0.6 is 0 Å². The lowest BCUT2D eigenvalue weighted by Crippen LogP contribution is -2.58. The van der Waals surface area contributed by atoms with Crippen LogP contribution in [0, 0.1) is 11.8 Å². The number of rotatable bonds is 6. The van der Waals surface area contributed by atoms with Crippen LogP contribution in [0.4, 0.5) is 0 Å². The van der Waals surface area contributed by atoms with Crippen LogP contribution in [-0.4, -0.2) is 36.6 Å². The molecule has 1 aliphatic heterocycles. The molecule has 1 aliphatic carbocycles. The minimum absolute atomic E-state index is 0.731. The zero-order valence-corrected chi connectivity index (χ0v) is 11.9. The predicted molar refractivity (Wildman–Crippen MR) is 74.2 cm³/mol. The van der Waals surface area contributed by atoms with Gasteiger partial charge < -0.3 is 5.32 Å². The molecule has 1 N–H and O–H groups in total. The molecule has 100 valence electrons.